The second-order valence-corrected chi connectivity index (χ2v) is 7.39. The number of rotatable bonds is 5. The van der Waals surface area contributed by atoms with Gasteiger partial charge in [-0.3, -0.25) is 4.79 Å². The van der Waals surface area contributed by atoms with Crippen LogP contribution in [0.3, 0.4) is 0 Å². The summed E-state index contributed by atoms with van der Waals surface area (Å²) in [5.41, 5.74) is 1.67. The van der Waals surface area contributed by atoms with Crippen LogP contribution in [0.25, 0.3) is 0 Å². The Hall–Kier alpha value is -2.15. The van der Waals surface area contributed by atoms with Crippen LogP contribution in [0.1, 0.15) is 65.4 Å². The second kappa shape index (κ2) is 6.29. The SMILES string of the molecule is Cc1ccc(C(=O)NC[C@H]2C[C@H](c3nc(C4CC4)no3)C[C@H]2O)n1C. The van der Waals surface area contributed by atoms with E-state index in [0.29, 0.717) is 30.5 Å². The Morgan fingerprint density at radius 2 is 2.16 bits per heavy atom. The van der Waals surface area contributed by atoms with Gasteiger partial charge < -0.3 is 19.5 Å². The Bertz CT molecular complexity index is 777. The minimum atomic E-state index is -0.461. The van der Waals surface area contributed by atoms with E-state index in [9.17, 15) is 9.90 Å². The fraction of sp³-hybridized carbons (Fsp3) is 0.611. The lowest BCUT2D eigenvalue weighted by Gasteiger charge is -2.15. The van der Waals surface area contributed by atoms with E-state index in [1.165, 1.54) is 0 Å². The number of amides is 1. The predicted octanol–water partition coefficient (Wildman–Crippen LogP) is 1.88. The molecule has 0 aliphatic heterocycles. The van der Waals surface area contributed by atoms with Crippen molar-refractivity contribution >= 4 is 5.91 Å². The van der Waals surface area contributed by atoms with Crippen LogP contribution in [0.4, 0.5) is 0 Å². The molecule has 0 spiro atoms. The molecule has 7 heteroatoms. The fourth-order valence-corrected chi connectivity index (χ4v) is 3.60. The van der Waals surface area contributed by atoms with Gasteiger partial charge in [-0.05, 0) is 44.7 Å². The molecule has 2 aliphatic rings. The summed E-state index contributed by atoms with van der Waals surface area (Å²) in [4.78, 5) is 16.8. The van der Waals surface area contributed by atoms with Crippen molar-refractivity contribution in [1.29, 1.82) is 0 Å². The van der Waals surface area contributed by atoms with Crippen molar-refractivity contribution in [3.8, 4) is 0 Å². The van der Waals surface area contributed by atoms with Crippen molar-refractivity contribution in [2.75, 3.05) is 6.54 Å². The van der Waals surface area contributed by atoms with E-state index in [2.05, 4.69) is 15.5 Å². The molecule has 2 fully saturated rings. The van der Waals surface area contributed by atoms with Gasteiger partial charge in [0.15, 0.2) is 5.82 Å². The third kappa shape index (κ3) is 3.20. The van der Waals surface area contributed by atoms with Gasteiger partial charge in [-0.1, -0.05) is 5.16 Å². The van der Waals surface area contributed by atoms with E-state index in [0.717, 1.165) is 30.8 Å². The maximum Gasteiger partial charge on any atom is 0.267 e. The molecule has 4 rings (SSSR count). The van der Waals surface area contributed by atoms with Gasteiger partial charge >= 0.3 is 0 Å². The van der Waals surface area contributed by atoms with Gasteiger partial charge in [-0.15, -0.1) is 0 Å². The van der Waals surface area contributed by atoms with Gasteiger partial charge in [0, 0.05) is 37.0 Å². The largest absolute Gasteiger partial charge is 0.393 e. The number of carbonyl (C=O) groups is 1. The number of nitrogens with zero attached hydrogens (tertiary/aromatic N) is 3. The first-order valence-electron chi connectivity index (χ1n) is 8.95. The Morgan fingerprint density at radius 3 is 2.84 bits per heavy atom. The van der Waals surface area contributed by atoms with Gasteiger partial charge in [-0.25, -0.2) is 0 Å². The third-order valence-corrected chi connectivity index (χ3v) is 5.54. The molecule has 2 aliphatic carbocycles. The third-order valence-electron chi connectivity index (χ3n) is 5.54. The van der Waals surface area contributed by atoms with Gasteiger partial charge in [0.1, 0.15) is 5.69 Å². The van der Waals surface area contributed by atoms with E-state index in [4.69, 9.17) is 4.52 Å². The standard InChI is InChI=1S/C18H24N4O3/c1-10-3-6-14(22(10)2)17(24)19-9-13-7-12(8-15(13)23)18-20-16(21-25-18)11-4-5-11/h3,6,11-13,15,23H,4-5,7-9H2,1-2H3,(H,19,24)/t12-,13+,15+/m0/s1. The smallest absolute Gasteiger partial charge is 0.267 e. The van der Waals surface area contributed by atoms with Crippen LogP contribution in [0.5, 0.6) is 0 Å². The van der Waals surface area contributed by atoms with Gasteiger partial charge in [-0.2, -0.15) is 4.98 Å². The molecule has 3 atom stereocenters. The van der Waals surface area contributed by atoms with Crippen LogP contribution in [0.2, 0.25) is 0 Å². The van der Waals surface area contributed by atoms with E-state index < -0.39 is 6.10 Å². The number of aryl methyl sites for hydroxylation is 1. The summed E-state index contributed by atoms with van der Waals surface area (Å²) >= 11 is 0. The molecule has 2 aromatic heterocycles. The topological polar surface area (TPSA) is 93.2 Å². The first-order valence-corrected chi connectivity index (χ1v) is 8.95. The summed E-state index contributed by atoms with van der Waals surface area (Å²) in [6.45, 7) is 2.41. The highest BCUT2D eigenvalue weighted by atomic mass is 16.5. The highest BCUT2D eigenvalue weighted by molar-refractivity contribution is 5.92. The van der Waals surface area contributed by atoms with Crippen LogP contribution in [-0.2, 0) is 7.05 Å². The molecule has 2 aromatic rings. The molecular formula is C18H24N4O3. The Kier molecular flexibility index (Phi) is 4.11. The monoisotopic (exact) mass is 344 g/mol. The van der Waals surface area contributed by atoms with Gasteiger partial charge in [0.25, 0.3) is 5.91 Å². The van der Waals surface area contributed by atoms with Crippen LogP contribution < -0.4 is 5.32 Å². The van der Waals surface area contributed by atoms with E-state index in [1.54, 1.807) is 0 Å². The summed E-state index contributed by atoms with van der Waals surface area (Å²) in [6.07, 6.45) is 3.17. The van der Waals surface area contributed by atoms with Crippen LogP contribution in [-0.4, -0.2) is 38.4 Å². The summed E-state index contributed by atoms with van der Waals surface area (Å²) in [5.74, 6) is 1.88. The summed E-state index contributed by atoms with van der Waals surface area (Å²) in [7, 11) is 1.87. The Morgan fingerprint density at radius 1 is 1.36 bits per heavy atom. The molecule has 25 heavy (non-hydrogen) atoms. The van der Waals surface area contributed by atoms with Crippen molar-refractivity contribution < 1.29 is 14.4 Å². The van der Waals surface area contributed by atoms with Crippen LogP contribution in [0, 0.1) is 12.8 Å². The minimum absolute atomic E-state index is 0.00610. The molecule has 134 valence electrons. The molecule has 0 radical (unpaired) electrons. The highest BCUT2D eigenvalue weighted by Gasteiger charge is 2.38. The quantitative estimate of drug-likeness (QED) is 0.864. The zero-order valence-corrected chi connectivity index (χ0v) is 14.6. The van der Waals surface area contributed by atoms with E-state index in [1.807, 2.05) is 30.7 Å². The van der Waals surface area contributed by atoms with Crippen molar-refractivity contribution in [1.82, 2.24) is 20.0 Å². The molecule has 2 N–H and O–H groups in total. The lowest BCUT2D eigenvalue weighted by molar-refractivity contribution is 0.0908. The lowest BCUT2D eigenvalue weighted by atomic mass is 10.0. The molecule has 0 unspecified atom stereocenters. The number of nitrogens with one attached hydrogen (secondary N) is 1. The van der Waals surface area contributed by atoms with Crippen molar-refractivity contribution in [3.05, 3.63) is 35.2 Å². The van der Waals surface area contributed by atoms with Gasteiger partial charge in [0.05, 0.1) is 6.10 Å². The molecular weight excluding hydrogens is 320 g/mol. The Balaban J connectivity index is 1.35. The van der Waals surface area contributed by atoms with Gasteiger partial charge in [0.2, 0.25) is 5.89 Å². The number of carbonyl (C=O) groups excluding carboxylic acids is 1. The molecule has 7 nitrogen and oxygen atoms in total. The maximum atomic E-state index is 12.3. The molecule has 1 amide bonds. The summed E-state index contributed by atoms with van der Waals surface area (Å²) in [5, 5.41) is 17.3. The number of aliphatic hydroxyl groups excluding tert-OH is 1. The number of aromatic nitrogens is 3. The molecule has 0 aromatic carbocycles. The maximum absolute atomic E-state index is 12.3. The van der Waals surface area contributed by atoms with E-state index in [-0.39, 0.29) is 17.7 Å². The average molecular weight is 344 g/mol. The first-order chi connectivity index (χ1) is 12.0. The van der Waals surface area contributed by atoms with Crippen molar-refractivity contribution in [2.45, 2.75) is 50.5 Å². The number of hydrogen-bond donors (Lipinski definition) is 2. The molecule has 0 saturated heterocycles. The number of aliphatic hydroxyl groups is 1. The zero-order chi connectivity index (χ0) is 17.6. The van der Waals surface area contributed by atoms with E-state index >= 15 is 0 Å². The second-order valence-electron chi connectivity index (χ2n) is 7.39. The summed E-state index contributed by atoms with van der Waals surface area (Å²) in [6, 6.07) is 3.73. The lowest BCUT2D eigenvalue weighted by Crippen LogP contribution is -2.33. The summed E-state index contributed by atoms with van der Waals surface area (Å²) < 4.78 is 7.26. The normalized spacial score (nSPS) is 26.1. The first kappa shape index (κ1) is 16.3. The number of hydrogen-bond acceptors (Lipinski definition) is 5. The molecule has 2 saturated carbocycles. The zero-order valence-electron chi connectivity index (χ0n) is 14.6. The average Bonchev–Trinajstić information content (AvgIpc) is 3.06. The molecule has 0 bridgehead atoms. The fourth-order valence-electron chi connectivity index (χ4n) is 3.60. The van der Waals surface area contributed by atoms with Crippen LogP contribution in [0.15, 0.2) is 16.7 Å². The van der Waals surface area contributed by atoms with Crippen LogP contribution >= 0.6 is 0 Å². The predicted molar refractivity (Wildman–Crippen MR) is 90.2 cm³/mol. The minimum Gasteiger partial charge on any atom is -0.393 e. The van der Waals surface area contributed by atoms with Crippen molar-refractivity contribution in [3.63, 3.8) is 0 Å². The Labute approximate surface area is 146 Å². The molecule has 2 heterocycles. The van der Waals surface area contributed by atoms with Crippen molar-refractivity contribution in [2.24, 2.45) is 13.0 Å². The highest BCUT2D eigenvalue weighted by Crippen LogP contribution is 2.41.